The summed E-state index contributed by atoms with van der Waals surface area (Å²) in [6, 6.07) is 2.57. The van der Waals surface area contributed by atoms with Gasteiger partial charge in [-0.05, 0) is 30.2 Å². The van der Waals surface area contributed by atoms with Gasteiger partial charge in [-0.2, -0.15) is 11.3 Å². The number of aliphatic hydroxyl groups excluding tert-OH is 1. The minimum Gasteiger partial charge on any atom is -0.396 e. The topological polar surface area (TPSA) is 45.1 Å². The summed E-state index contributed by atoms with van der Waals surface area (Å²) in [5, 5.41) is 18.6. The summed E-state index contributed by atoms with van der Waals surface area (Å²) in [5.41, 5.74) is 1.22. The molecule has 1 aliphatic carbocycles. The Morgan fingerprint density at radius 3 is 3.00 bits per heavy atom. The Balaban J connectivity index is 1.59. The van der Waals surface area contributed by atoms with E-state index >= 15 is 0 Å². The standard InChI is InChI=1S/C16H22N2OS2/c19-10-12-4-2-1-3-5-15(12)17-8-14-9-18-16(21-14)13-6-7-20-11-13/h6-7,9,11-12,15,17,19H,1-5,8,10H2. The van der Waals surface area contributed by atoms with E-state index in [4.69, 9.17) is 0 Å². The SMILES string of the molecule is OCC1CCCCCC1NCc1cnc(-c2ccsc2)s1. The van der Waals surface area contributed by atoms with Gasteiger partial charge in [0.25, 0.3) is 0 Å². The molecule has 2 aromatic rings. The Morgan fingerprint density at radius 2 is 2.19 bits per heavy atom. The quantitative estimate of drug-likeness (QED) is 0.821. The number of nitrogens with zero attached hydrogens (tertiary/aromatic N) is 1. The summed E-state index contributed by atoms with van der Waals surface area (Å²) in [7, 11) is 0. The third-order valence-electron chi connectivity index (χ3n) is 4.25. The molecule has 0 amide bonds. The largest absolute Gasteiger partial charge is 0.396 e. The molecule has 2 N–H and O–H groups in total. The van der Waals surface area contributed by atoms with Crippen molar-refractivity contribution in [3.8, 4) is 10.6 Å². The normalized spacial score (nSPS) is 23.1. The van der Waals surface area contributed by atoms with Crippen molar-refractivity contribution in [1.29, 1.82) is 0 Å². The van der Waals surface area contributed by atoms with Gasteiger partial charge in [0.2, 0.25) is 0 Å². The van der Waals surface area contributed by atoms with E-state index < -0.39 is 0 Å². The van der Waals surface area contributed by atoms with Gasteiger partial charge in [0.15, 0.2) is 0 Å². The monoisotopic (exact) mass is 322 g/mol. The van der Waals surface area contributed by atoms with Crippen LogP contribution in [-0.2, 0) is 6.54 Å². The number of nitrogens with one attached hydrogen (secondary N) is 1. The van der Waals surface area contributed by atoms with Crippen LogP contribution < -0.4 is 5.32 Å². The fraction of sp³-hybridized carbons (Fsp3) is 0.562. The molecular weight excluding hydrogens is 300 g/mol. The summed E-state index contributed by atoms with van der Waals surface area (Å²) in [6.45, 7) is 1.17. The van der Waals surface area contributed by atoms with E-state index in [1.165, 1.54) is 36.1 Å². The van der Waals surface area contributed by atoms with Crippen LogP contribution in [0.3, 0.4) is 0 Å². The van der Waals surface area contributed by atoms with Gasteiger partial charge in [0.1, 0.15) is 5.01 Å². The lowest BCUT2D eigenvalue weighted by Gasteiger charge is -2.24. The molecule has 0 bridgehead atoms. The van der Waals surface area contributed by atoms with E-state index in [9.17, 15) is 5.11 Å². The number of hydrogen-bond acceptors (Lipinski definition) is 5. The van der Waals surface area contributed by atoms with Gasteiger partial charge in [0.05, 0.1) is 0 Å². The highest BCUT2D eigenvalue weighted by molar-refractivity contribution is 7.15. The smallest absolute Gasteiger partial charge is 0.124 e. The molecule has 5 heteroatoms. The van der Waals surface area contributed by atoms with Crippen molar-refractivity contribution >= 4 is 22.7 Å². The molecule has 3 rings (SSSR count). The number of aliphatic hydroxyl groups is 1. The van der Waals surface area contributed by atoms with Crippen LogP contribution in [0.1, 0.15) is 37.0 Å². The van der Waals surface area contributed by atoms with Crippen LogP contribution in [-0.4, -0.2) is 22.7 Å². The molecule has 1 aliphatic rings. The molecule has 0 aromatic carbocycles. The molecule has 1 saturated carbocycles. The van der Waals surface area contributed by atoms with Crippen molar-refractivity contribution in [2.45, 2.75) is 44.7 Å². The molecule has 2 unspecified atom stereocenters. The Hall–Kier alpha value is -0.750. The lowest BCUT2D eigenvalue weighted by atomic mass is 9.96. The van der Waals surface area contributed by atoms with Gasteiger partial charge >= 0.3 is 0 Å². The molecule has 2 heterocycles. The van der Waals surface area contributed by atoms with Gasteiger partial charge in [0, 0.05) is 41.2 Å². The fourth-order valence-electron chi connectivity index (χ4n) is 3.01. The number of aromatic nitrogens is 1. The zero-order valence-electron chi connectivity index (χ0n) is 12.1. The summed E-state index contributed by atoms with van der Waals surface area (Å²) in [5.74, 6) is 0.414. The van der Waals surface area contributed by atoms with Crippen LogP contribution in [0.5, 0.6) is 0 Å². The third-order valence-corrected chi connectivity index (χ3v) is 5.98. The fourth-order valence-corrected chi connectivity index (χ4v) is 4.59. The lowest BCUT2D eigenvalue weighted by molar-refractivity contribution is 0.181. The third kappa shape index (κ3) is 3.92. The van der Waals surface area contributed by atoms with Crippen LogP contribution >= 0.6 is 22.7 Å². The first-order valence-electron chi connectivity index (χ1n) is 7.68. The highest BCUT2D eigenvalue weighted by Crippen LogP contribution is 2.28. The van der Waals surface area contributed by atoms with Crippen LogP contribution in [0.15, 0.2) is 23.0 Å². The van der Waals surface area contributed by atoms with E-state index in [1.807, 2.05) is 6.20 Å². The van der Waals surface area contributed by atoms with E-state index in [2.05, 4.69) is 27.1 Å². The summed E-state index contributed by atoms with van der Waals surface area (Å²) in [4.78, 5) is 5.79. The first-order chi connectivity index (χ1) is 10.4. The number of hydrogen-bond donors (Lipinski definition) is 2. The number of rotatable bonds is 5. The molecule has 0 saturated heterocycles. The zero-order chi connectivity index (χ0) is 14.5. The molecule has 114 valence electrons. The molecule has 0 aliphatic heterocycles. The summed E-state index contributed by atoms with van der Waals surface area (Å²) < 4.78 is 0. The van der Waals surface area contributed by atoms with Crippen LogP contribution in [0.4, 0.5) is 0 Å². The molecule has 1 fully saturated rings. The second kappa shape index (κ2) is 7.49. The molecule has 2 atom stereocenters. The molecule has 21 heavy (non-hydrogen) atoms. The van der Waals surface area contributed by atoms with Gasteiger partial charge in [-0.25, -0.2) is 4.98 Å². The number of thiazole rings is 1. The highest BCUT2D eigenvalue weighted by atomic mass is 32.1. The lowest BCUT2D eigenvalue weighted by Crippen LogP contribution is -2.36. The van der Waals surface area contributed by atoms with Crippen LogP contribution in [0, 0.1) is 5.92 Å². The van der Waals surface area contributed by atoms with Crippen molar-refractivity contribution in [2.75, 3.05) is 6.61 Å². The Bertz CT molecular complexity index is 538. The van der Waals surface area contributed by atoms with Crippen molar-refractivity contribution in [3.63, 3.8) is 0 Å². The average Bonchev–Trinajstić information content (AvgIpc) is 3.13. The minimum atomic E-state index is 0.306. The van der Waals surface area contributed by atoms with E-state index in [1.54, 1.807) is 22.7 Å². The molecule has 0 spiro atoms. The first kappa shape index (κ1) is 15.2. The van der Waals surface area contributed by atoms with Crippen molar-refractivity contribution in [3.05, 3.63) is 27.9 Å². The minimum absolute atomic E-state index is 0.306. The van der Waals surface area contributed by atoms with E-state index in [0.717, 1.165) is 18.0 Å². The van der Waals surface area contributed by atoms with Gasteiger partial charge in [-0.3, -0.25) is 0 Å². The second-order valence-corrected chi connectivity index (χ2v) is 7.61. The van der Waals surface area contributed by atoms with Gasteiger partial charge < -0.3 is 10.4 Å². The van der Waals surface area contributed by atoms with Crippen molar-refractivity contribution < 1.29 is 5.11 Å². The summed E-state index contributed by atoms with van der Waals surface area (Å²) >= 11 is 3.47. The molecular formula is C16H22N2OS2. The van der Waals surface area contributed by atoms with Crippen LogP contribution in [0.25, 0.3) is 10.6 Å². The van der Waals surface area contributed by atoms with Gasteiger partial charge in [-0.15, -0.1) is 11.3 Å². The van der Waals surface area contributed by atoms with Crippen LogP contribution in [0.2, 0.25) is 0 Å². The van der Waals surface area contributed by atoms with Gasteiger partial charge in [-0.1, -0.05) is 19.3 Å². The second-order valence-electron chi connectivity index (χ2n) is 5.71. The average molecular weight is 322 g/mol. The molecule has 3 nitrogen and oxygen atoms in total. The first-order valence-corrected chi connectivity index (χ1v) is 9.44. The predicted molar refractivity (Wildman–Crippen MR) is 89.7 cm³/mol. The van der Waals surface area contributed by atoms with E-state index in [0.29, 0.717) is 18.6 Å². The number of thiophene rings is 1. The maximum absolute atomic E-state index is 9.56. The maximum atomic E-state index is 9.56. The zero-order valence-corrected chi connectivity index (χ0v) is 13.8. The Morgan fingerprint density at radius 1 is 1.29 bits per heavy atom. The molecule has 0 radical (unpaired) electrons. The van der Waals surface area contributed by atoms with E-state index in [-0.39, 0.29) is 0 Å². The predicted octanol–water partition coefficient (Wildman–Crippen LogP) is 3.90. The Kier molecular flexibility index (Phi) is 5.41. The summed E-state index contributed by atoms with van der Waals surface area (Å²) in [6.07, 6.45) is 8.15. The van der Waals surface area contributed by atoms with Crippen molar-refractivity contribution in [2.24, 2.45) is 5.92 Å². The Labute approximate surface area is 134 Å². The van der Waals surface area contributed by atoms with Crippen molar-refractivity contribution in [1.82, 2.24) is 10.3 Å². The maximum Gasteiger partial charge on any atom is 0.124 e. The highest BCUT2D eigenvalue weighted by Gasteiger charge is 2.22. The molecule has 2 aromatic heterocycles.